The van der Waals surface area contributed by atoms with Crippen molar-refractivity contribution in [2.24, 2.45) is 5.73 Å². The highest BCUT2D eigenvalue weighted by atomic mass is 16.5. The number of carbonyl (C=O) groups is 1. The van der Waals surface area contributed by atoms with Crippen LogP contribution in [0.15, 0.2) is 128 Å². The molecule has 0 fully saturated rings. The molecule has 3 heterocycles. The third-order valence-electron chi connectivity index (χ3n) is 8.24. The number of hydrogen-bond acceptors (Lipinski definition) is 4. The first-order valence-corrected chi connectivity index (χ1v) is 14.6. The summed E-state index contributed by atoms with van der Waals surface area (Å²) in [5.41, 5.74) is 12.5. The summed E-state index contributed by atoms with van der Waals surface area (Å²) in [5.74, 6) is 0.571. The van der Waals surface area contributed by atoms with Gasteiger partial charge in [0.25, 0.3) is 0 Å². The van der Waals surface area contributed by atoms with E-state index < -0.39 is 11.6 Å². The first-order chi connectivity index (χ1) is 21.5. The van der Waals surface area contributed by atoms with Crippen LogP contribution < -0.4 is 10.5 Å². The molecule has 0 aliphatic heterocycles. The van der Waals surface area contributed by atoms with Gasteiger partial charge in [0.1, 0.15) is 11.3 Å². The number of benzene rings is 4. The van der Waals surface area contributed by atoms with E-state index in [1.54, 1.807) is 6.07 Å². The van der Waals surface area contributed by atoms with Crippen LogP contribution in [-0.2, 0) is 5.54 Å². The minimum Gasteiger partial charge on any atom is -0.410 e. The molecule has 7 heteroatoms. The lowest BCUT2D eigenvalue weighted by molar-refractivity contribution is 0.211. The average Bonchev–Trinajstić information content (AvgIpc) is 3.65. The fourth-order valence-electron chi connectivity index (χ4n) is 6.48. The molecule has 7 rings (SSSR count). The van der Waals surface area contributed by atoms with E-state index in [0.29, 0.717) is 5.75 Å². The van der Waals surface area contributed by atoms with Gasteiger partial charge in [-0.1, -0.05) is 105 Å². The highest BCUT2D eigenvalue weighted by Gasteiger charge is 2.41. The van der Waals surface area contributed by atoms with Crippen molar-refractivity contribution in [3.8, 4) is 17.0 Å². The lowest BCUT2D eigenvalue weighted by Gasteiger charge is -2.36. The number of amides is 1. The van der Waals surface area contributed by atoms with Crippen LogP contribution in [0.1, 0.15) is 42.0 Å². The lowest BCUT2D eigenvalue weighted by Crippen LogP contribution is -2.38. The van der Waals surface area contributed by atoms with Crippen LogP contribution in [0, 0.1) is 0 Å². The van der Waals surface area contributed by atoms with Gasteiger partial charge >= 0.3 is 6.09 Å². The Kier molecular flexibility index (Phi) is 6.70. The molecule has 4 aromatic carbocycles. The van der Waals surface area contributed by atoms with Crippen LogP contribution in [0.2, 0.25) is 0 Å². The minimum atomic E-state index is -0.840. The largest absolute Gasteiger partial charge is 0.410 e. The minimum absolute atomic E-state index is 0.165. The maximum absolute atomic E-state index is 11.5. The van der Waals surface area contributed by atoms with Gasteiger partial charge in [-0.3, -0.25) is 0 Å². The maximum atomic E-state index is 11.5. The molecule has 216 valence electrons. The Morgan fingerprint density at radius 3 is 1.95 bits per heavy atom. The van der Waals surface area contributed by atoms with E-state index >= 15 is 0 Å². The van der Waals surface area contributed by atoms with Crippen LogP contribution in [0.5, 0.6) is 5.75 Å². The molecule has 0 atom stereocenters. The first kappa shape index (κ1) is 27.2. The lowest BCUT2D eigenvalue weighted by atomic mass is 9.77. The highest BCUT2D eigenvalue weighted by Crippen LogP contribution is 2.44. The molecule has 0 unspecified atom stereocenters. The zero-order chi connectivity index (χ0) is 30.3. The molecule has 3 N–H and O–H groups in total. The summed E-state index contributed by atoms with van der Waals surface area (Å²) < 4.78 is 7.27. The van der Waals surface area contributed by atoms with Gasteiger partial charge < -0.3 is 15.5 Å². The molecule has 0 aliphatic rings. The van der Waals surface area contributed by atoms with E-state index in [-0.39, 0.29) is 5.92 Å². The zero-order valence-electron chi connectivity index (χ0n) is 24.4. The van der Waals surface area contributed by atoms with Crippen molar-refractivity contribution in [2.75, 3.05) is 0 Å². The monoisotopic (exact) mass is 577 g/mol. The number of ether oxygens (including phenoxy) is 1. The number of aromatic nitrogens is 4. The number of H-pyrrole nitrogens is 1. The number of hydrogen-bond donors (Lipinski definition) is 2. The summed E-state index contributed by atoms with van der Waals surface area (Å²) in [6.07, 6.45) is 2.92. The van der Waals surface area contributed by atoms with Crippen LogP contribution in [-0.4, -0.2) is 25.8 Å². The maximum Gasteiger partial charge on any atom is 0.409 e. The molecule has 44 heavy (non-hydrogen) atoms. The molecular formula is C37H31N5O2. The van der Waals surface area contributed by atoms with E-state index in [2.05, 4.69) is 96.3 Å². The van der Waals surface area contributed by atoms with E-state index in [0.717, 1.165) is 55.4 Å². The highest BCUT2D eigenvalue weighted by molar-refractivity contribution is 5.99. The summed E-state index contributed by atoms with van der Waals surface area (Å²) in [4.78, 5) is 20.1. The van der Waals surface area contributed by atoms with E-state index in [9.17, 15) is 4.79 Å². The van der Waals surface area contributed by atoms with Gasteiger partial charge in [-0.25, -0.2) is 14.5 Å². The van der Waals surface area contributed by atoms with Gasteiger partial charge in [0.2, 0.25) is 0 Å². The summed E-state index contributed by atoms with van der Waals surface area (Å²) in [7, 11) is 0. The number of rotatable bonds is 7. The predicted octanol–water partition coefficient (Wildman–Crippen LogP) is 8.00. The van der Waals surface area contributed by atoms with Gasteiger partial charge in [0, 0.05) is 28.0 Å². The van der Waals surface area contributed by atoms with Crippen molar-refractivity contribution in [1.82, 2.24) is 19.7 Å². The first-order valence-electron chi connectivity index (χ1n) is 14.6. The van der Waals surface area contributed by atoms with Crippen LogP contribution in [0.25, 0.3) is 33.2 Å². The Morgan fingerprint density at radius 1 is 0.818 bits per heavy atom. The van der Waals surface area contributed by atoms with Crippen molar-refractivity contribution in [1.29, 1.82) is 0 Å². The Morgan fingerprint density at radius 2 is 1.41 bits per heavy atom. The van der Waals surface area contributed by atoms with Crippen molar-refractivity contribution >= 4 is 28.0 Å². The third kappa shape index (κ3) is 4.32. The van der Waals surface area contributed by atoms with Gasteiger partial charge in [-0.05, 0) is 52.4 Å². The Balaban J connectivity index is 1.52. The number of carbonyl (C=O) groups excluding carboxylic acids is 1. The fraction of sp³-hybridized carbons (Fsp3) is 0.108. The molecule has 1 amide bonds. The van der Waals surface area contributed by atoms with E-state index in [1.807, 2.05) is 48.8 Å². The van der Waals surface area contributed by atoms with E-state index in [1.165, 1.54) is 0 Å². The third-order valence-corrected chi connectivity index (χ3v) is 8.24. The van der Waals surface area contributed by atoms with E-state index in [4.69, 9.17) is 20.6 Å². The van der Waals surface area contributed by atoms with Gasteiger partial charge in [0.15, 0.2) is 5.65 Å². The normalized spacial score (nSPS) is 11.8. The Labute approximate surface area is 254 Å². The smallest absolute Gasteiger partial charge is 0.409 e. The molecule has 7 nitrogen and oxygen atoms in total. The Bertz CT molecular complexity index is 2000. The van der Waals surface area contributed by atoms with Crippen LogP contribution in [0.4, 0.5) is 4.79 Å². The number of nitrogens with zero attached hydrogens (tertiary/aromatic N) is 3. The summed E-state index contributed by atoms with van der Waals surface area (Å²) in [6.45, 7) is 4.31. The second kappa shape index (κ2) is 10.9. The molecule has 0 spiro atoms. The van der Waals surface area contributed by atoms with Gasteiger partial charge in [0.05, 0.1) is 11.9 Å². The molecular weight excluding hydrogens is 546 g/mol. The average molecular weight is 578 g/mol. The Hall–Kier alpha value is -5.69. The summed E-state index contributed by atoms with van der Waals surface area (Å²) in [6, 6.07) is 38.9. The molecule has 0 aliphatic carbocycles. The number of nitrogens with one attached hydrogen (secondary N) is 1. The number of primary amides is 1. The molecule has 0 saturated heterocycles. The topological polar surface area (TPSA) is 98.8 Å². The summed E-state index contributed by atoms with van der Waals surface area (Å²) in [5, 5.41) is 7.02. The fourth-order valence-corrected chi connectivity index (χ4v) is 6.48. The quantitative estimate of drug-likeness (QED) is 0.188. The van der Waals surface area contributed by atoms with Gasteiger partial charge in [-0.15, -0.1) is 0 Å². The second-order valence-electron chi connectivity index (χ2n) is 11.2. The standard InChI is InChI=1S/C37H31N5O2/c1-24(2)33-30-22-28(44-36(38)43)18-19-32(30)41-34(33)29-20-21-39-35-31(29)23-40-42(35)37(25-12-6-3-7-13-25,26-14-8-4-9-15-26)27-16-10-5-11-17-27/h3-24,41H,1-2H3,(H2,38,43). The zero-order valence-corrected chi connectivity index (χ0v) is 24.4. The molecule has 0 radical (unpaired) electrons. The predicted molar refractivity (Wildman–Crippen MR) is 174 cm³/mol. The van der Waals surface area contributed by atoms with Crippen molar-refractivity contribution in [3.63, 3.8) is 0 Å². The second-order valence-corrected chi connectivity index (χ2v) is 11.2. The molecule has 3 aromatic heterocycles. The SMILES string of the molecule is CC(C)c1c(-c2ccnc3c2cnn3C(c2ccccc2)(c2ccccc2)c2ccccc2)[nH]c2ccc(OC(N)=O)cc12. The van der Waals surface area contributed by atoms with Crippen LogP contribution >= 0.6 is 0 Å². The van der Waals surface area contributed by atoms with Gasteiger partial charge in [-0.2, -0.15) is 5.10 Å². The molecule has 7 aromatic rings. The number of fused-ring (bicyclic) bond motifs is 2. The van der Waals surface area contributed by atoms with Crippen LogP contribution in [0.3, 0.4) is 0 Å². The van der Waals surface area contributed by atoms with Crippen molar-refractivity contribution < 1.29 is 9.53 Å². The number of aromatic amines is 1. The molecule has 0 bridgehead atoms. The number of pyridine rings is 1. The van der Waals surface area contributed by atoms with Crippen molar-refractivity contribution in [3.05, 3.63) is 150 Å². The summed E-state index contributed by atoms with van der Waals surface area (Å²) >= 11 is 0. The van der Waals surface area contributed by atoms with Crippen molar-refractivity contribution in [2.45, 2.75) is 25.3 Å². The molecule has 0 saturated carbocycles. The number of nitrogens with two attached hydrogens (primary N) is 1.